The predicted octanol–water partition coefficient (Wildman–Crippen LogP) is 1.41. The third-order valence-electron chi connectivity index (χ3n) is 1.41. The molecule has 0 fully saturated rings. The molecule has 1 heterocycles. The molecule has 1 aliphatic rings. The highest BCUT2D eigenvalue weighted by molar-refractivity contribution is 5.01. The van der Waals surface area contributed by atoms with E-state index < -0.39 is 5.79 Å². The maximum atomic E-state index is 9.22. The summed E-state index contributed by atoms with van der Waals surface area (Å²) in [4.78, 5) is 0. The standard InChI is InChI=1S/C7H12O2/c1-3-6-4-5-7(2,8)9-6/h4,8H,3,5H2,1-2H3. The minimum absolute atomic E-state index is 0.621. The number of allylic oxidation sites excluding steroid dienone is 1. The van der Waals surface area contributed by atoms with Crippen molar-refractivity contribution < 1.29 is 9.84 Å². The van der Waals surface area contributed by atoms with E-state index in [9.17, 15) is 5.11 Å². The predicted molar refractivity (Wildman–Crippen MR) is 34.7 cm³/mol. The molecule has 0 saturated carbocycles. The Morgan fingerprint density at radius 3 is 2.78 bits per heavy atom. The molecule has 0 aromatic rings. The van der Waals surface area contributed by atoms with Crippen LogP contribution in [0.4, 0.5) is 0 Å². The Labute approximate surface area is 55.1 Å². The molecule has 0 radical (unpaired) electrons. The fourth-order valence-corrected chi connectivity index (χ4v) is 0.885. The summed E-state index contributed by atoms with van der Waals surface area (Å²) < 4.78 is 5.11. The van der Waals surface area contributed by atoms with Gasteiger partial charge in [-0.25, -0.2) is 0 Å². The van der Waals surface area contributed by atoms with E-state index in [1.165, 1.54) is 0 Å². The quantitative estimate of drug-likeness (QED) is 0.578. The van der Waals surface area contributed by atoms with Crippen LogP contribution in [0.15, 0.2) is 11.8 Å². The molecule has 1 rings (SSSR count). The van der Waals surface area contributed by atoms with Gasteiger partial charge in [-0.05, 0) is 6.08 Å². The third-order valence-corrected chi connectivity index (χ3v) is 1.41. The number of rotatable bonds is 1. The molecule has 1 N–H and O–H groups in total. The van der Waals surface area contributed by atoms with Gasteiger partial charge < -0.3 is 9.84 Å². The second kappa shape index (κ2) is 2.03. The van der Waals surface area contributed by atoms with E-state index in [0.717, 1.165) is 12.2 Å². The summed E-state index contributed by atoms with van der Waals surface area (Å²) in [5.41, 5.74) is 0. The Kier molecular flexibility index (Phi) is 1.49. The summed E-state index contributed by atoms with van der Waals surface area (Å²) in [7, 11) is 0. The van der Waals surface area contributed by atoms with Gasteiger partial charge in [-0.2, -0.15) is 0 Å². The Bertz CT molecular complexity index is 136. The molecule has 2 nitrogen and oxygen atoms in total. The largest absolute Gasteiger partial charge is 0.467 e. The Hall–Kier alpha value is -0.500. The zero-order valence-electron chi connectivity index (χ0n) is 5.85. The van der Waals surface area contributed by atoms with Gasteiger partial charge in [0.15, 0.2) is 0 Å². The molecular weight excluding hydrogens is 116 g/mol. The van der Waals surface area contributed by atoms with Crippen molar-refractivity contribution in [2.75, 3.05) is 0 Å². The first-order chi connectivity index (χ1) is 4.14. The van der Waals surface area contributed by atoms with Crippen LogP contribution in [-0.4, -0.2) is 10.9 Å². The van der Waals surface area contributed by atoms with Crippen LogP contribution in [0, 0.1) is 0 Å². The lowest BCUT2D eigenvalue weighted by Gasteiger charge is -2.17. The highest BCUT2D eigenvalue weighted by atomic mass is 16.6. The highest BCUT2D eigenvalue weighted by Gasteiger charge is 2.26. The van der Waals surface area contributed by atoms with E-state index in [1.807, 2.05) is 13.0 Å². The summed E-state index contributed by atoms with van der Waals surface area (Å²) in [5.74, 6) is -0.0225. The lowest BCUT2D eigenvalue weighted by molar-refractivity contribution is -0.145. The number of ether oxygens (including phenoxy) is 1. The van der Waals surface area contributed by atoms with Crippen molar-refractivity contribution in [3.05, 3.63) is 11.8 Å². The second-order valence-corrected chi connectivity index (χ2v) is 2.51. The van der Waals surface area contributed by atoms with E-state index in [4.69, 9.17) is 4.74 Å². The number of hydrogen-bond acceptors (Lipinski definition) is 2. The van der Waals surface area contributed by atoms with Crippen LogP contribution >= 0.6 is 0 Å². The maximum Gasteiger partial charge on any atom is 0.208 e. The summed E-state index contributed by atoms with van der Waals surface area (Å²) in [6.07, 6.45) is 3.42. The van der Waals surface area contributed by atoms with Crippen LogP contribution < -0.4 is 0 Å². The molecule has 2 heteroatoms. The van der Waals surface area contributed by atoms with E-state index in [-0.39, 0.29) is 0 Å². The van der Waals surface area contributed by atoms with Crippen molar-refractivity contribution in [3.63, 3.8) is 0 Å². The van der Waals surface area contributed by atoms with Crippen LogP contribution in [0.1, 0.15) is 26.7 Å². The lowest BCUT2D eigenvalue weighted by Crippen LogP contribution is -2.21. The van der Waals surface area contributed by atoms with E-state index in [2.05, 4.69) is 0 Å². The van der Waals surface area contributed by atoms with Crippen LogP contribution in [-0.2, 0) is 4.74 Å². The van der Waals surface area contributed by atoms with Gasteiger partial charge in [-0.15, -0.1) is 0 Å². The van der Waals surface area contributed by atoms with Crippen molar-refractivity contribution >= 4 is 0 Å². The van der Waals surface area contributed by atoms with Gasteiger partial charge in [0, 0.05) is 19.8 Å². The zero-order chi connectivity index (χ0) is 6.91. The van der Waals surface area contributed by atoms with E-state index >= 15 is 0 Å². The molecule has 1 unspecified atom stereocenters. The van der Waals surface area contributed by atoms with Gasteiger partial charge in [-0.1, -0.05) is 6.92 Å². The smallest absolute Gasteiger partial charge is 0.208 e. The molecule has 9 heavy (non-hydrogen) atoms. The fourth-order valence-electron chi connectivity index (χ4n) is 0.885. The Morgan fingerprint density at radius 2 is 2.56 bits per heavy atom. The number of aliphatic hydroxyl groups is 1. The van der Waals surface area contributed by atoms with Crippen molar-refractivity contribution in [1.82, 2.24) is 0 Å². The molecule has 52 valence electrons. The first-order valence-electron chi connectivity index (χ1n) is 3.24. The first kappa shape index (κ1) is 6.62. The first-order valence-corrected chi connectivity index (χ1v) is 3.24. The monoisotopic (exact) mass is 128 g/mol. The highest BCUT2D eigenvalue weighted by Crippen LogP contribution is 2.26. The second-order valence-electron chi connectivity index (χ2n) is 2.51. The molecule has 0 amide bonds. The maximum absolute atomic E-state index is 9.22. The van der Waals surface area contributed by atoms with Gasteiger partial charge in [0.2, 0.25) is 5.79 Å². The molecule has 1 aliphatic heterocycles. The molecular formula is C7H12O2. The van der Waals surface area contributed by atoms with Crippen molar-refractivity contribution in [2.45, 2.75) is 32.5 Å². The fraction of sp³-hybridized carbons (Fsp3) is 0.714. The van der Waals surface area contributed by atoms with Gasteiger partial charge in [0.05, 0.1) is 5.76 Å². The molecule has 0 saturated heterocycles. The summed E-state index contributed by atoms with van der Waals surface area (Å²) in [6.45, 7) is 3.68. The number of hydrogen-bond donors (Lipinski definition) is 1. The zero-order valence-corrected chi connectivity index (χ0v) is 5.85. The topological polar surface area (TPSA) is 29.5 Å². The normalized spacial score (nSPS) is 33.9. The molecule has 0 aromatic carbocycles. The summed E-state index contributed by atoms with van der Waals surface area (Å²) in [6, 6.07) is 0. The van der Waals surface area contributed by atoms with Crippen LogP contribution in [0.5, 0.6) is 0 Å². The van der Waals surface area contributed by atoms with Crippen molar-refractivity contribution in [1.29, 1.82) is 0 Å². The molecule has 0 bridgehead atoms. The van der Waals surface area contributed by atoms with Crippen LogP contribution in [0.25, 0.3) is 0 Å². The van der Waals surface area contributed by atoms with Gasteiger partial charge in [0.25, 0.3) is 0 Å². The SMILES string of the molecule is CCC1=CCC(C)(O)O1. The van der Waals surface area contributed by atoms with Gasteiger partial charge in [0.1, 0.15) is 0 Å². The molecule has 0 spiro atoms. The van der Waals surface area contributed by atoms with Crippen LogP contribution in [0.3, 0.4) is 0 Å². The van der Waals surface area contributed by atoms with Crippen molar-refractivity contribution in [2.24, 2.45) is 0 Å². The minimum Gasteiger partial charge on any atom is -0.467 e. The van der Waals surface area contributed by atoms with Crippen LogP contribution in [0.2, 0.25) is 0 Å². The molecule has 0 aromatic heterocycles. The average molecular weight is 128 g/mol. The molecule has 1 atom stereocenters. The molecule has 0 aliphatic carbocycles. The Balaban J connectivity index is 2.50. The van der Waals surface area contributed by atoms with Gasteiger partial charge >= 0.3 is 0 Å². The van der Waals surface area contributed by atoms with E-state index in [1.54, 1.807) is 6.92 Å². The average Bonchev–Trinajstić information content (AvgIpc) is 2.10. The third kappa shape index (κ3) is 1.45. The minimum atomic E-state index is -0.925. The van der Waals surface area contributed by atoms with E-state index in [0.29, 0.717) is 6.42 Å². The Morgan fingerprint density at radius 1 is 1.89 bits per heavy atom. The summed E-state index contributed by atoms with van der Waals surface area (Å²) in [5, 5.41) is 9.22. The lowest BCUT2D eigenvalue weighted by atomic mass is 10.2. The van der Waals surface area contributed by atoms with Crippen molar-refractivity contribution in [3.8, 4) is 0 Å². The van der Waals surface area contributed by atoms with Gasteiger partial charge in [-0.3, -0.25) is 0 Å². The summed E-state index contributed by atoms with van der Waals surface area (Å²) >= 11 is 0.